The van der Waals surface area contributed by atoms with Gasteiger partial charge in [-0.05, 0) is 29.8 Å². The summed E-state index contributed by atoms with van der Waals surface area (Å²) in [5.74, 6) is 0.866. The zero-order valence-electron chi connectivity index (χ0n) is 9.76. The number of fused-ring (bicyclic) bond motifs is 1. The fraction of sp³-hybridized carbons (Fsp3) is 0.0714. The van der Waals surface area contributed by atoms with Crippen molar-refractivity contribution in [2.45, 2.75) is 10.9 Å². The number of nitrogens with two attached hydrogens (primary N) is 1. The number of nitrogens with zero attached hydrogens (tertiary/aromatic N) is 1. The molecule has 0 aliphatic carbocycles. The van der Waals surface area contributed by atoms with Crippen LogP contribution in [0.5, 0.6) is 0 Å². The van der Waals surface area contributed by atoms with E-state index in [2.05, 4.69) is 16.0 Å². The Bertz CT molecular complexity index is 642. The molecule has 2 aromatic carbocycles. The second kappa shape index (κ2) is 4.74. The molecule has 3 rings (SSSR count). The molecule has 0 spiro atoms. The largest absolute Gasteiger partial charge is 0.399 e. The first kappa shape index (κ1) is 11.2. The van der Waals surface area contributed by atoms with Crippen LogP contribution in [0.15, 0.2) is 53.7 Å². The predicted octanol–water partition coefficient (Wildman–Crippen LogP) is 3.44. The molecule has 0 amide bonds. The summed E-state index contributed by atoms with van der Waals surface area (Å²) < 4.78 is 0. The van der Waals surface area contributed by atoms with E-state index in [4.69, 9.17) is 5.73 Å². The normalized spacial score (nSPS) is 10.9. The number of nitrogen functional groups attached to an aromatic ring is 1. The van der Waals surface area contributed by atoms with Crippen molar-refractivity contribution in [3.8, 4) is 0 Å². The fourth-order valence-corrected chi connectivity index (χ4v) is 2.66. The Balaban J connectivity index is 1.76. The lowest BCUT2D eigenvalue weighted by atomic mass is 10.2. The fourth-order valence-electron chi connectivity index (χ4n) is 1.83. The van der Waals surface area contributed by atoms with Crippen LogP contribution in [0.2, 0.25) is 0 Å². The van der Waals surface area contributed by atoms with Gasteiger partial charge in [-0.15, -0.1) is 0 Å². The lowest BCUT2D eigenvalue weighted by Crippen LogP contribution is -1.87. The van der Waals surface area contributed by atoms with Gasteiger partial charge in [-0.25, -0.2) is 4.98 Å². The highest BCUT2D eigenvalue weighted by atomic mass is 32.2. The van der Waals surface area contributed by atoms with E-state index in [9.17, 15) is 0 Å². The molecular formula is C14H13N3S. The molecule has 0 atom stereocenters. The van der Waals surface area contributed by atoms with Gasteiger partial charge in [0.2, 0.25) is 0 Å². The second-order valence-corrected chi connectivity index (χ2v) is 5.06. The van der Waals surface area contributed by atoms with Crippen LogP contribution in [-0.2, 0) is 5.75 Å². The number of imidazole rings is 1. The zero-order valence-corrected chi connectivity index (χ0v) is 10.6. The third-order valence-electron chi connectivity index (χ3n) is 2.69. The van der Waals surface area contributed by atoms with Gasteiger partial charge in [-0.2, -0.15) is 0 Å². The minimum absolute atomic E-state index is 0.803. The van der Waals surface area contributed by atoms with Crippen molar-refractivity contribution in [1.82, 2.24) is 9.97 Å². The maximum Gasteiger partial charge on any atom is 0.166 e. The molecule has 0 aliphatic rings. The zero-order chi connectivity index (χ0) is 12.4. The molecule has 90 valence electrons. The molecule has 4 heteroatoms. The molecular weight excluding hydrogens is 242 g/mol. The lowest BCUT2D eigenvalue weighted by molar-refractivity contribution is 1.08. The van der Waals surface area contributed by atoms with E-state index in [0.717, 1.165) is 27.6 Å². The Kier molecular flexibility index (Phi) is 2.94. The van der Waals surface area contributed by atoms with Gasteiger partial charge in [0, 0.05) is 11.4 Å². The molecule has 0 saturated carbocycles. The van der Waals surface area contributed by atoms with Crippen molar-refractivity contribution in [1.29, 1.82) is 0 Å². The van der Waals surface area contributed by atoms with Gasteiger partial charge in [-0.1, -0.05) is 36.0 Å². The van der Waals surface area contributed by atoms with Crippen LogP contribution in [0.1, 0.15) is 5.56 Å². The Labute approximate surface area is 109 Å². The van der Waals surface area contributed by atoms with Crippen molar-refractivity contribution in [2.24, 2.45) is 0 Å². The average Bonchev–Trinajstić information content (AvgIpc) is 2.79. The summed E-state index contributed by atoms with van der Waals surface area (Å²) in [5.41, 5.74) is 9.85. The maximum absolute atomic E-state index is 5.76. The molecule has 1 aromatic heterocycles. The number of benzene rings is 2. The number of aromatic nitrogens is 2. The van der Waals surface area contributed by atoms with Crippen LogP contribution in [0.4, 0.5) is 5.69 Å². The van der Waals surface area contributed by atoms with E-state index in [0.29, 0.717) is 0 Å². The van der Waals surface area contributed by atoms with E-state index < -0.39 is 0 Å². The lowest BCUT2D eigenvalue weighted by Gasteiger charge is -2.00. The van der Waals surface area contributed by atoms with Gasteiger partial charge in [0.25, 0.3) is 0 Å². The standard InChI is InChI=1S/C14H13N3S/c15-11-5-3-4-10(8-11)9-18-14-16-12-6-1-2-7-13(12)17-14/h1-8H,9,15H2,(H,16,17). The van der Waals surface area contributed by atoms with Crippen molar-refractivity contribution >= 4 is 28.5 Å². The SMILES string of the molecule is Nc1cccc(CSc2nc3ccccc3[nH]2)c1. The average molecular weight is 255 g/mol. The number of hydrogen-bond acceptors (Lipinski definition) is 3. The Hall–Kier alpha value is -1.94. The highest BCUT2D eigenvalue weighted by molar-refractivity contribution is 7.98. The summed E-state index contributed by atoms with van der Waals surface area (Å²) in [6.45, 7) is 0. The molecule has 0 radical (unpaired) electrons. The number of hydrogen-bond donors (Lipinski definition) is 2. The Morgan fingerprint density at radius 1 is 1.11 bits per heavy atom. The van der Waals surface area contributed by atoms with Crippen LogP contribution < -0.4 is 5.73 Å². The number of thioether (sulfide) groups is 1. The van der Waals surface area contributed by atoms with Crippen molar-refractivity contribution < 1.29 is 0 Å². The van der Waals surface area contributed by atoms with Crippen LogP contribution in [0.3, 0.4) is 0 Å². The molecule has 18 heavy (non-hydrogen) atoms. The minimum atomic E-state index is 0.803. The summed E-state index contributed by atoms with van der Waals surface area (Å²) in [5, 5.41) is 0.943. The summed E-state index contributed by atoms with van der Waals surface area (Å²) in [7, 11) is 0. The van der Waals surface area contributed by atoms with Gasteiger partial charge in [0.1, 0.15) is 0 Å². The van der Waals surface area contributed by atoms with Crippen molar-refractivity contribution in [3.63, 3.8) is 0 Å². The molecule has 3 N–H and O–H groups in total. The van der Waals surface area contributed by atoms with Crippen LogP contribution in [0, 0.1) is 0 Å². The molecule has 3 nitrogen and oxygen atoms in total. The summed E-state index contributed by atoms with van der Waals surface area (Å²) in [6.07, 6.45) is 0. The number of rotatable bonds is 3. The number of anilines is 1. The third-order valence-corrected chi connectivity index (χ3v) is 3.64. The van der Waals surface area contributed by atoms with Crippen LogP contribution in [0.25, 0.3) is 11.0 Å². The topological polar surface area (TPSA) is 54.7 Å². The highest BCUT2D eigenvalue weighted by Crippen LogP contribution is 2.23. The number of aromatic amines is 1. The van der Waals surface area contributed by atoms with E-state index >= 15 is 0 Å². The minimum Gasteiger partial charge on any atom is -0.399 e. The summed E-state index contributed by atoms with van der Waals surface area (Å²) in [6, 6.07) is 16.0. The van der Waals surface area contributed by atoms with Crippen molar-refractivity contribution in [3.05, 3.63) is 54.1 Å². The summed E-state index contributed by atoms with van der Waals surface area (Å²) >= 11 is 1.69. The Morgan fingerprint density at radius 3 is 2.83 bits per heavy atom. The first-order valence-electron chi connectivity index (χ1n) is 5.73. The van der Waals surface area contributed by atoms with Gasteiger partial charge in [-0.3, -0.25) is 0 Å². The smallest absolute Gasteiger partial charge is 0.166 e. The van der Waals surface area contributed by atoms with Crippen LogP contribution in [-0.4, -0.2) is 9.97 Å². The van der Waals surface area contributed by atoms with E-state index in [1.807, 2.05) is 42.5 Å². The molecule has 0 bridgehead atoms. The summed E-state index contributed by atoms with van der Waals surface area (Å²) in [4.78, 5) is 7.83. The Morgan fingerprint density at radius 2 is 2.00 bits per heavy atom. The molecule has 0 unspecified atom stereocenters. The first-order chi connectivity index (χ1) is 8.81. The van der Waals surface area contributed by atoms with E-state index in [1.165, 1.54) is 5.56 Å². The van der Waals surface area contributed by atoms with Crippen LogP contribution >= 0.6 is 11.8 Å². The molecule has 3 aromatic rings. The number of para-hydroxylation sites is 2. The van der Waals surface area contributed by atoms with E-state index in [1.54, 1.807) is 11.8 Å². The van der Waals surface area contributed by atoms with Gasteiger partial charge in [0.15, 0.2) is 5.16 Å². The monoisotopic (exact) mass is 255 g/mol. The quantitative estimate of drug-likeness (QED) is 0.557. The van der Waals surface area contributed by atoms with Crippen molar-refractivity contribution in [2.75, 3.05) is 5.73 Å². The third kappa shape index (κ3) is 2.33. The van der Waals surface area contributed by atoms with Gasteiger partial charge >= 0.3 is 0 Å². The van der Waals surface area contributed by atoms with Gasteiger partial charge in [0.05, 0.1) is 11.0 Å². The van der Waals surface area contributed by atoms with E-state index in [-0.39, 0.29) is 0 Å². The maximum atomic E-state index is 5.76. The molecule has 0 fully saturated rings. The molecule has 0 aliphatic heterocycles. The predicted molar refractivity (Wildman–Crippen MR) is 76.5 cm³/mol. The number of nitrogens with one attached hydrogen (secondary N) is 1. The molecule has 1 heterocycles. The van der Waals surface area contributed by atoms with Gasteiger partial charge < -0.3 is 10.7 Å². The highest BCUT2D eigenvalue weighted by Gasteiger charge is 2.03. The second-order valence-electron chi connectivity index (χ2n) is 4.09. The molecule has 0 saturated heterocycles. The first-order valence-corrected chi connectivity index (χ1v) is 6.72. The number of H-pyrrole nitrogens is 1.